The van der Waals surface area contributed by atoms with Gasteiger partial charge in [0.25, 0.3) is 5.91 Å². The summed E-state index contributed by atoms with van der Waals surface area (Å²) >= 11 is 0. The molecule has 0 aliphatic heterocycles. The van der Waals surface area contributed by atoms with Crippen LogP contribution >= 0.6 is 0 Å². The van der Waals surface area contributed by atoms with Crippen molar-refractivity contribution < 1.29 is 9.53 Å². The van der Waals surface area contributed by atoms with Gasteiger partial charge in [-0.15, -0.1) is 0 Å². The van der Waals surface area contributed by atoms with E-state index < -0.39 is 0 Å². The Morgan fingerprint density at radius 3 is 2.34 bits per heavy atom. The Balaban J connectivity index is 1.52. The molecule has 5 heteroatoms. The summed E-state index contributed by atoms with van der Waals surface area (Å²) in [4.78, 5) is 17.3. The van der Waals surface area contributed by atoms with E-state index in [1.165, 1.54) is 0 Å². The molecule has 1 amide bonds. The minimum atomic E-state index is -0.196. The second kappa shape index (κ2) is 8.61. The molecule has 146 valence electrons. The first kappa shape index (κ1) is 18.7. The maximum Gasteiger partial charge on any atom is 0.258 e. The van der Waals surface area contributed by atoms with Crippen molar-refractivity contribution in [3.8, 4) is 5.75 Å². The lowest BCUT2D eigenvalue weighted by molar-refractivity contribution is -0.123. The number of aryl methyl sites for hydroxylation is 1. The van der Waals surface area contributed by atoms with Crippen LogP contribution < -0.4 is 10.1 Å². The van der Waals surface area contributed by atoms with E-state index in [0.717, 1.165) is 22.4 Å². The first-order valence-corrected chi connectivity index (χ1v) is 9.63. The van der Waals surface area contributed by atoms with E-state index in [0.29, 0.717) is 12.2 Å². The third-order valence-corrected chi connectivity index (χ3v) is 4.92. The Labute approximate surface area is 170 Å². The molecule has 1 heterocycles. The van der Waals surface area contributed by atoms with Crippen molar-refractivity contribution in [2.24, 2.45) is 7.05 Å². The molecular formula is C24H23N3O2. The van der Waals surface area contributed by atoms with Crippen molar-refractivity contribution in [1.82, 2.24) is 14.9 Å². The molecule has 0 saturated carbocycles. The summed E-state index contributed by atoms with van der Waals surface area (Å²) in [5.41, 5.74) is 3.07. The first-order chi connectivity index (χ1) is 14.2. The number of carbonyl (C=O) groups excluding carboxylic acids is 1. The van der Waals surface area contributed by atoms with Crippen LogP contribution in [0.1, 0.15) is 17.4 Å². The van der Waals surface area contributed by atoms with Crippen molar-refractivity contribution >= 4 is 16.9 Å². The van der Waals surface area contributed by atoms with Gasteiger partial charge < -0.3 is 14.6 Å². The minimum Gasteiger partial charge on any atom is -0.484 e. The summed E-state index contributed by atoms with van der Waals surface area (Å²) in [5, 5.41) is 3.11. The zero-order valence-electron chi connectivity index (χ0n) is 16.3. The predicted molar refractivity (Wildman–Crippen MR) is 114 cm³/mol. The molecule has 1 unspecified atom stereocenters. The molecule has 0 bridgehead atoms. The highest BCUT2D eigenvalue weighted by molar-refractivity contribution is 5.78. The molecule has 3 aromatic carbocycles. The van der Waals surface area contributed by atoms with E-state index in [4.69, 9.17) is 9.72 Å². The number of hydrogen-bond acceptors (Lipinski definition) is 3. The molecule has 1 N–H and O–H groups in total. The second-order valence-corrected chi connectivity index (χ2v) is 6.91. The van der Waals surface area contributed by atoms with Gasteiger partial charge in [-0.05, 0) is 29.8 Å². The normalized spacial score (nSPS) is 11.9. The van der Waals surface area contributed by atoms with E-state index in [9.17, 15) is 4.79 Å². The van der Waals surface area contributed by atoms with Gasteiger partial charge in [0.05, 0.1) is 17.1 Å². The van der Waals surface area contributed by atoms with Crippen LogP contribution in [-0.4, -0.2) is 22.1 Å². The van der Waals surface area contributed by atoms with Gasteiger partial charge in [-0.2, -0.15) is 0 Å². The minimum absolute atomic E-state index is 0.0319. The number of fused-ring (bicyclic) bond motifs is 1. The van der Waals surface area contributed by atoms with Crippen LogP contribution in [0.5, 0.6) is 5.75 Å². The van der Waals surface area contributed by atoms with Crippen molar-refractivity contribution in [3.05, 3.63) is 96.3 Å². The fourth-order valence-corrected chi connectivity index (χ4v) is 3.40. The van der Waals surface area contributed by atoms with Crippen molar-refractivity contribution in [3.63, 3.8) is 0 Å². The first-order valence-electron chi connectivity index (χ1n) is 9.63. The SMILES string of the molecule is Cn1c(CC(NC(=O)COc2ccccc2)c2ccccc2)nc2ccccc21. The van der Waals surface area contributed by atoms with Crippen LogP contribution in [0.25, 0.3) is 11.0 Å². The molecule has 0 aliphatic rings. The second-order valence-electron chi connectivity index (χ2n) is 6.91. The number of imidazole rings is 1. The van der Waals surface area contributed by atoms with Crippen LogP contribution in [0.15, 0.2) is 84.9 Å². The largest absolute Gasteiger partial charge is 0.484 e. The Morgan fingerprint density at radius 1 is 0.966 bits per heavy atom. The van der Waals surface area contributed by atoms with Crippen LogP contribution in [-0.2, 0) is 18.3 Å². The number of amides is 1. The Hall–Kier alpha value is -3.60. The van der Waals surface area contributed by atoms with Crippen molar-refractivity contribution in [1.29, 1.82) is 0 Å². The van der Waals surface area contributed by atoms with E-state index in [-0.39, 0.29) is 18.6 Å². The fraction of sp³-hybridized carbons (Fsp3) is 0.167. The number of nitrogens with zero attached hydrogens (tertiary/aromatic N) is 2. The lowest BCUT2D eigenvalue weighted by atomic mass is 10.0. The molecular weight excluding hydrogens is 362 g/mol. The number of ether oxygens (including phenoxy) is 1. The van der Waals surface area contributed by atoms with Crippen molar-refractivity contribution in [2.75, 3.05) is 6.61 Å². The average molecular weight is 385 g/mol. The zero-order chi connectivity index (χ0) is 20.1. The molecule has 4 rings (SSSR count). The van der Waals surface area contributed by atoms with Crippen molar-refractivity contribution in [2.45, 2.75) is 12.5 Å². The number of nitrogens with one attached hydrogen (secondary N) is 1. The Morgan fingerprint density at radius 2 is 1.62 bits per heavy atom. The molecule has 29 heavy (non-hydrogen) atoms. The number of benzene rings is 3. The topological polar surface area (TPSA) is 56.2 Å². The van der Waals surface area contributed by atoms with E-state index in [1.807, 2.05) is 85.9 Å². The quantitative estimate of drug-likeness (QED) is 0.522. The predicted octanol–water partition coefficient (Wildman–Crippen LogP) is 4.05. The van der Waals surface area contributed by atoms with Gasteiger partial charge in [0, 0.05) is 13.5 Å². The molecule has 1 aromatic heterocycles. The number of hydrogen-bond donors (Lipinski definition) is 1. The third-order valence-electron chi connectivity index (χ3n) is 4.92. The summed E-state index contributed by atoms with van der Waals surface area (Å²) in [6.07, 6.45) is 0.590. The lowest BCUT2D eigenvalue weighted by Crippen LogP contribution is -2.34. The highest BCUT2D eigenvalue weighted by Gasteiger charge is 2.19. The van der Waals surface area contributed by atoms with E-state index in [2.05, 4.69) is 16.0 Å². The van der Waals surface area contributed by atoms with E-state index >= 15 is 0 Å². The molecule has 5 nitrogen and oxygen atoms in total. The molecule has 0 aliphatic carbocycles. The molecule has 0 saturated heterocycles. The van der Waals surface area contributed by atoms with Gasteiger partial charge in [0.15, 0.2) is 6.61 Å². The average Bonchev–Trinajstić information content (AvgIpc) is 3.09. The van der Waals surface area contributed by atoms with Crippen LogP contribution in [0.2, 0.25) is 0 Å². The lowest BCUT2D eigenvalue weighted by Gasteiger charge is -2.19. The smallest absolute Gasteiger partial charge is 0.258 e. The number of para-hydroxylation sites is 3. The standard InChI is InChI=1S/C24H23N3O2/c1-27-22-15-9-8-14-20(22)25-23(27)16-21(18-10-4-2-5-11-18)26-24(28)17-29-19-12-6-3-7-13-19/h2-15,21H,16-17H2,1H3,(H,26,28). The molecule has 0 spiro atoms. The summed E-state index contributed by atoms with van der Waals surface area (Å²) in [6.45, 7) is -0.0319. The zero-order valence-corrected chi connectivity index (χ0v) is 16.3. The Bertz CT molecular complexity index is 1090. The number of carbonyl (C=O) groups is 1. The summed E-state index contributed by atoms with van der Waals surface area (Å²) in [7, 11) is 2.01. The number of aromatic nitrogens is 2. The summed E-state index contributed by atoms with van der Waals surface area (Å²) in [5.74, 6) is 1.43. The summed E-state index contributed by atoms with van der Waals surface area (Å²) < 4.78 is 7.67. The molecule has 0 radical (unpaired) electrons. The molecule has 4 aromatic rings. The van der Waals surface area contributed by atoms with Crippen LogP contribution in [0, 0.1) is 0 Å². The van der Waals surface area contributed by atoms with Gasteiger partial charge in [0.1, 0.15) is 11.6 Å². The van der Waals surface area contributed by atoms with Crippen LogP contribution in [0.4, 0.5) is 0 Å². The Kier molecular flexibility index (Phi) is 5.56. The summed E-state index contributed by atoms with van der Waals surface area (Å²) in [6, 6.07) is 27.1. The fourth-order valence-electron chi connectivity index (χ4n) is 3.40. The highest BCUT2D eigenvalue weighted by Crippen LogP contribution is 2.21. The maximum atomic E-state index is 12.6. The molecule has 0 fully saturated rings. The van der Waals surface area contributed by atoms with Gasteiger partial charge in [-0.25, -0.2) is 4.98 Å². The van der Waals surface area contributed by atoms with Gasteiger partial charge >= 0.3 is 0 Å². The monoisotopic (exact) mass is 385 g/mol. The van der Waals surface area contributed by atoms with Gasteiger partial charge in [-0.1, -0.05) is 60.7 Å². The van der Waals surface area contributed by atoms with E-state index in [1.54, 1.807) is 0 Å². The van der Waals surface area contributed by atoms with Gasteiger partial charge in [-0.3, -0.25) is 4.79 Å². The maximum absolute atomic E-state index is 12.6. The third kappa shape index (κ3) is 4.46. The highest BCUT2D eigenvalue weighted by atomic mass is 16.5. The number of rotatable bonds is 7. The van der Waals surface area contributed by atoms with Crippen LogP contribution in [0.3, 0.4) is 0 Å². The molecule has 1 atom stereocenters. The van der Waals surface area contributed by atoms with Gasteiger partial charge in [0.2, 0.25) is 0 Å².